The number of hydrogen-bond donors (Lipinski definition) is 0. The van der Waals surface area contributed by atoms with Crippen molar-refractivity contribution in [3.8, 4) is 6.07 Å². The largest absolute Gasteiger partial charge is 0.361 e. The van der Waals surface area contributed by atoms with Gasteiger partial charge in [0.1, 0.15) is 11.8 Å². The Morgan fingerprint density at radius 3 is 2.90 bits per heavy atom. The Labute approximate surface area is 119 Å². The van der Waals surface area contributed by atoms with E-state index in [2.05, 4.69) is 15.4 Å². The predicted molar refractivity (Wildman–Crippen MR) is 70.9 cm³/mol. The van der Waals surface area contributed by atoms with E-state index in [1.54, 1.807) is 37.3 Å². The summed E-state index contributed by atoms with van der Waals surface area (Å²) in [6, 6.07) is 8.57. The number of benzene rings is 1. The lowest BCUT2D eigenvalue weighted by Crippen LogP contribution is -2.16. The van der Waals surface area contributed by atoms with Gasteiger partial charge < -0.3 is 4.52 Å². The molecule has 0 radical (unpaired) electrons. The Hall–Kier alpha value is -2.52. The number of carbonyl (C=O) groups is 1. The maximum atomic E-state index is 12.0. The molecule has 0 bridgehead atoms. The van der Waals surface area contributed by atoms with E-state index in [1.807, 2.05) is 0 Å². The molecule has 0 amide bonds. The van der Waals surface area contributed by atoms with E-state index in [1.165, 1.54) is 6.07 Å². The van der Waals surface area contributed by atoms with Gasteiger partial charge in [0.15, 0.2) is 5.69 Å². The molecule has 0 aliphatic carbocycles. The lowest BCUT2D eigenvalue weighted by Gasteiger charge is -1.98. The van der Waals surface area contributed by atoms with Crippen LogP contribution in [0.15, 0.2) is 45.1 Å². The molecule has 2 rings (SSSR count). The summed E-state index contributed by atoms with van der Waals surface area (Å²) in [6.07, 6.45) is 0. The van der Waals surface area contributed by atoms with E-state index in [0.717, 1.165) is 0 Å². The molecule has 0 fully saturated rings. The van der Waals surface area contributed by atoms with Gasteiger partial charge in [-0.2, -0.15) is 15.5 Å². The van der Waals surface area contributed by atoms with Crippen LogP contribution in [0.25, 0.3) is 0 Å². The fourth-order valence-electron chi connectivity index (χ4n) is 1.42. The van der Waals surface area contributed by atoms with Gasteiger partial charge in [-0.05, 0) is 25.1 Å². The van der Waals surface area contributed by atoms with Gasteiger partial charge in [-0.15, -0.1) is 0 Å². The van der Waals surface area contributed by atoms with E-state index in [0.29, 0.717) is 16.5 Å². The first-order chi connectivity index (χ1) is 9.60. The smallest absolute Gasteiger partial charge is 0.225 e. The number of halogens is 1. The summed E-state index contributed by atoms with van der Waals surface area (Å²) in [6.45, 7) is 1.65. The molecule has 0 saturated carbocycles. The van der Waals surface area contributed by atoms with E-state index >= 15 is 0 Å². The van der Waals surface area contributed by atoms with Crippen molar-refractivity contribution in [1.82, 2.24) is 5.16 Å². The monoisotopic (exact) mass is 288 g/mol. The number of aromatic nitrogens is 1. The molecule has 0 spiro atoms. The first-order valence-corrected chi connectivity index (χ1v) is 6.01. The Morgan fingerprint density at radius 2 is 2.30 bits per heavy atom. The van der Waals surface area contributed by atoms with Crippen LogP contribution in [-0.4, -0.2) is 17.0 Å². The van der Waals surface area contributed by atoms with Crippen LogP contribution >= 0.6 is 11.6 Å². The zero-order chi connectivity index (χ0) is 14.5. The Morgan fingerprint density at radius 1 is 1.50 bits per heavy atom. The first kappa shape index (κ1) is 13.9. The van der Waals surface area contributed by atoms with Crippen LogP contribution in [0.4, 0.5) is 5.69 Å². The van der Waals surface area contributed by atoms with Crippen molar-refractivity contribution in [2.24, 2.45) is 10.2 Å². The number of nitrogens with zero attached hydrogens (tertiary/aromatic N) is 4. The third kappa shape index (κ3) is 3.28. The number of ketones is 1. The second-order valence-corrected chi connectivity index (χ2v) is 4.35. The molecule has 2 aromatic rings. The Balaban J connectivity index is 2.17. The molecule has 1 unspecified atom stereocenters. The van der Waals surface area contributed by atoms with Crippen molar-refractivity contribution in [1.29, 1.82) is 5.26 Å². The Kier molecular flexibility index (Phi) is 4.23. The summed E-state index contributed by atoms with van der Waals surface area (Å²) in [5, 5.41) is 20.6. The molecule has 0 N–H and O–H groups in total. The zero-order valence-electron chi connectivity index (χ0n) is 10.4. The van der Waals surface area contributed by atoms with E-state index in [9.17, 15) is 4.79 Å². The van der Waals surface area contributed by atoms with Crippen LogP contribution in [0.3, 0.4) is 0 Å². The van der Waals surface area contributed by atoms with Crippen molar-refractivity contribution in [3.05, 3.63) is 46.8 Å². The maximum Gasteiger partial charge on any atom is 0.225 e. The van der Waals surface area contributed by atoms with Crippen LogP contribution in [0, 0.1) is 18.3 Å². The number of nitriles is 1. The summed E-state index contributed by atoms with van der Waals surface area (Å²) < 4.78 is 4.79. The highest BCUT2D eigenvalue weighted by Crippen LogP contribution is 2.19. The van der Waals surface area contributed by atoms with Gasteiger partial charge in [0.2, 0.25) is 11.8 Å². The van der Waals surface area contributed by atoms with Crippen LogP contribution in [-0.2, 0) is 0 Å². The van der Waals surface area contributed by atoms with Crippen molar-refractivity contribution in [3.63, 3.8) is 0 Å². The predicted octanol–water partition coefficient (Wildman–Crippen LogP) is 3.50. The lowest BCUT2D eigenvalue weighted by molar-refractivity contribution is 0.0970. The van der Waals surface area contributed by atoms with Gasteiger partial charge in [0.25, 0.3) is 0 Å². The van der Waals surface area contributed by atoms with Crippen LogP contribution in [0.5, 0.6) is 0 Å². The molecule has 0 saturated heterocycles. The number of rotatable bonds is 4. The van der Waals surface area contributed by atoms with Gasteiger partial charge in [0, 0.05) is 11.1 Å². The molecule has 6 nitrogen and oxygen atoms in total. The van der Waals surface area contributed by atoms with Crippen LogP contribution in [0.1, 0.15) is 16.2 Å². The molecule has 1 aromatic heterocycles. The zero-order valence-corrected chi connectivity index (χ0v) is 11.2. The van der Waals surface area contributed by atoms with E-state index < -0.39 is 11.8 Å². The van der Waals surface area contributed by atoms with E-state index in [-0.39, 0.29) is 5.69 Å². The minimum absolute atomic E-state index is 0.0547. The molecule has 7 heteroatoms. The molecule has 20 heavy (non-hydrogen) atoms. The number of azo groups is 1. The standard InChI is InChI=1S/C13H9ClN4O2/c1-8-5-11(18-20-8)13(19)12(7-15)17-16-10-4-2-3-9(14)6-10/h2-6,12H,1H3. The van der Waals surface area contributed by atoms with Gasteiger partial charge in [-0.3, -0.25) is 4.79 Å². The molecule has 0 aliphatic heterocycles. The maximum absolute atomic E-state index is 12.0. The fraction of sp³-hybridized carbons (Fsp3) is 0.154. The fourth-order valence-corrected chi connectivity index (χ4v) is 1.61. The number of Topliss-reactive ketones (excluding diaryl/α,β-unsaturated/α-hetero) is 1. The average molecular weight is 289 g/mol. The van der Waals surface area contributed by atoms with Crippen LogP contribution < -0.4 is 0 Å². The molecular formula is C13H9ClN4O2. The third-order valence-electron chi connectivity index (χ3n) is 2.35. The number of hydrogen-bond acceptors (Lipinski definition) is 6. The number of carbonyl (C=O) groups excluding carboxylic acids is 1. The highest BCUT2D eigenvalue weighted by atomic mass is 35.5. The number of aryl methyl sites for hydroxylation is 1. The molecular weight excluding hydrogens is 280 g/mol. The van der Waals surface area contributed by atoms with Gasteiger partial charge in [-0.25, -0.2) is 0 Å². The minimum Gasteiger partial charge on any atom is -0.361 e. The lowest BCUT2D eigenvalue weighted by atomic mass is 10.1. The van der Waals surface area contributed by atoms with Crippen molar-refractivity contribution >= 4 is 23.1 Å². The SMILES string of the molecule is Cc1cc(C(=O)C(C#N)N=Nc2cccc(Cl)c2)no1. The molecule has 1 heterocycles. The highest BCUT2D eigenvalue weighted by molar-refractivity contribution is 6.30. The second kappa shape index (κ2) is 6.08. The first-order valence-electron chi connectivity index (χ1n) is 5.63. The third-order valence-corrected chi connectivity index (χ3v) is 2.58. The van der Waals surface area contributed by atoms with Crippen molar-refractivity contribution in [2.45, 2.75) is 13.0 Å². The summed E-state index contributed by atoms with van der Waals surface area (Å²) in [7, 11) is 0. The van der Waals surface area contributed by atoms with Crippen molar-refractivity contribution in [2.75, 3.05) is 0 Å². The van der Waals surface area contributed by atoms with Crippen LogP contribution in [0.2, 0.25) is 5.02 Å². The molecule has 0 aliphatic rings. The minimum atomic E-state index is -1.27. The summed E-state index contributed by atoms with van der Waals surface area (Å²) in [4.78, 5) is 12.0. The Bertz CT molecular complexity index is 702. The van der Waals surface area contributed by atoms with Crippen molar-refractivity contribution < 1.29 is 9.32 Å². The second-order valence-electron chi connectivity index (χ2n) is 3.91. The highest BCUT2D eigenvalue weighted by Gasteiger charge is 2.22. The topological polar surface area (TPSA) is 91.6 Å². The normalized spacial score (nSPS) is 12.2. The quantitative estimate of drug-likeness (QED) is 0.636. The summed E-state index contributed by atoms with van der Waals surface area (Å²) in [5.74, 6) is -0.0769. The molecule has 1 aromatic carbocycles. The van der Waals surface area contributed by atoms with Gasteiger partial charge in [-0.1, -0.05) is 22.8 Å². The van der Waals surface area contributed by atoms with Gasteiger partial charge in [0.05, 0.1) is 5.69 Å². The molecule has 1 atom stereocenters. The van der Waals surface area contributed by atoms with E-state index in [4.69, 9.17) is 21.4 Å². The summed E-state index contributed by atoms with van der Waals surface area (Å²) >= 11 is 5.80. The molecule has 100 valence electrons. The average Bonchev–Trinajstić information content (AvgIpc) is 2.86. The van der Waals surface area contributed by atoms with Gasteiger partial charge >= 0.3 is 0 Å². The summed E-state index contributed by atoms with van der Waals surface area (Å²) in [5.41, 5.74) is 0.515.